The molecule has 0 aliphatic rings. The second-order valence-corrected chi connectivity index (χ2v) is 5.12. The Morgan fingerprint density at radius 3 is 1.33 bits per heavy atom. The first-order chi connectivity index (χ1) is 8.27. The molecule has 2 atom stereocenters. The van der Waals surface area contributed by atoms with E-state index in [4.69, 9.17) is 11.5 Å². The predicted octanol–water partition coefficient (Wildman–Crippen LogP) is -0.815. The fourth-order valence-corrected chi connectivity index (χ4v) is 1.21. The smallest absolute Gasteiger partial charge is 0.237 e. The molecule has 0 fully saturated rings. The maximum atomic E-state index is 11.5. The van der Waals surface area contributed by atoms with E-state index in [1.54, 1.807) is 0 Å². The molecule has 2 amide bonds. The fourth-order valence-electron chi connectivity index (χ4n) is 1.21. The van der Waals surface area contributed by atoms with Gasteiger partial charge in [-0.3, -0.25) is 9.59 Å². The van der Waals surface area contributed by atoms with Gasteiger partial charge in [0.05, 0.1) is 12.1 Å². The van der Waals surface area contributed by atoms with E-state index in [1.807, 2.05) is 27.7 Å². The van der Waals surface area contributed by atoms with Crippen molar-refractivity contribution in [2.45, 2.75) is 39.8 Å². The molecule has 0 rings (SSSR count). The number of carbonyl (C=O) groups is 2. The third kappa shape index (κ3) is 5.97. The monoisotopic (exact) mass is 258 g/mol. The Labute approximate surface area is 109 Å². The van der Waals surface area contributed by atoms with Crippen molar-refractivity contribution in [3.05, 3.63) is 0 Å². The van der Waals surface area contributed by atoms with E-state index >= 15 is 0 Å². The molecule has 2 unspecified atom stereocenters. The summed E-state index contributed by atoms with van der Waals surface area (Å²) in [7, 11) is 0. The van der Waals surface area contributed by atoms with E-state index in [0.717, 1.165) is 0 Å². The number of carbonyl (C=O) groups excluding carboxylic acids is 2. The SMILES string of the molecule is CC(C)C(N)C(=O)NCCNC(=O)C(N)C(C)C. The summed E-state index contributed by atoms with van der Waals surface area (Å²) < 4.78 is 0. The third-order valence-corrected chi connectivity index (χ3v) is 2.77. The summed E-state index contributed by atoms with van der Waals surface area (Å²) in [6, 6.07) is -1.03. The van der Waals surface area contributed by atoms with E-state index < -0.39 is 12.1 Å². The van der Waals surface area contributed by atoms with Crippen LogP contribution < -0.4 is 22.1 Å². The standard InChI is InChI=1S/C12H26N4O2/c1-7(2)9(13)11(17)15-5-6-16-12(18)10(14)8(3)4/h7-10H,5-6,13-14H2,1-4H3,(H,15,17)(H,16,18). The normalized spacial score (nSPS) is 14.4. The number of hydrogen-bond donors (Lipinski definition) is 4. The van der Waals surface area contributed by atoms with Crippen LogP contribution in [0.15, 0.2) is 0 Å². The molecule has 0 aromatic carbocycles. The Morgan fingerprint density at radius 1 is 0.833 bits per heavy atom. The zero-order chi connectivity index (χ0) is 14.3. The molecule has 0 saturated carbocycles. The summed E-state index contributed by atoms with van der Waals surface area (Å²) in [5.41, 5.74) is 11.3. The second-order valence-electron chi connectivity index (χ2n) is 5.12. The first-order valence-corrected chi connectivity index (χ1v) is 6.34. The molecule has 106 valence electrons. The second kappa shape index (κ2) is 8.05. The summed E-state index contributed by atoms with van der Waals surface area (Å²) in [5.74, 6) is -0.220. The molecule has 6 nitrogen and oxygen atoms in total. The summed E-state index contributed by atoms with van der Waals surface area (Å²) in [6.45, 7) is 8.24. The zero-order valence-corrected chi connectivity index (χ0v) is 11.7. The van der Waals surface area contributed by atoms with Crippen molar-refractivity contribution >= 4 is 11.8 Å². The zero-order valence-electron chi connectivity index (χ0n) is 11.7. The average molecular weight is 258 g/mol. The van der Waals surface area contributed by atoms with Crippen molar-refractivity contribution in [2.24, 2.45) is 23.3 Å². The number of nitrogens with two attached hydrogens (primary N) is 2. The van der Waals surface area contributed by atoms with Gasteiger partial charge in [0.2, 0.25) is 11.8 Å². The first kappa shape index (κ1) is 16.9. The number of amides is 2. The van der Waals surface area contributed by atoms with Crippen molar-refractivity contribution in [2.75, 3.05) is 13.1 Å². The number of hydrogen-bond acceptors (Lipinski definition) is 4. The predicted molar refractivity (Wildman–Crippen MR) is 71.6 cm³/mol. The van der Waals surface area contributed by atoms with Gasteiger partial charge >= 0.3 is 0 Å². The summed E-state index contributed by atoms with van der Waals surface area (Å²) in [6.07, 6.45) is 0. The highest BCUT2D eigenvalue weighted by atomic mass is 16.2. The van der Waals surface area contributed by atoms with Crippen LogP contribution in [-0.2, 0) is 9.59 Å². The van der Waals surface area contributed by atoms with Gasteiger partial charge in [0.1, 0.15) is 0 Å². The van der Waals surface area contributed by atoms with E-state index in [1.165, 1.54) is 0 Å². The summed E-state index contributed by atoms with van der Waals surface area (Å²) >= 11 is 0. The van der Waals surface area contributed by atoms with Gasteiger partial charge in [0, 0.05) is 13.1 Å². The van der Waals surface area contributed by atoms with E-state index in [-0.39, 0.29) is 23.7 Å². The van der Waals surface area contributed by atoms with Crippen LogP contribution in [0.2, 0.25) is 0 Å². The highest BCUT2D eigenvalue weighted by Crippen LogP contribution is 1.98. The van der Waals surface area contributed by atoms with Gasteiger partial charge in [-0.1, -0.05) is 27.7 Å². The molecule has 0 saturated heterocycles. The van der Waals surface area contributed by atoms with Crippen molar-refractivity contribution in [1.29, 1.82) is 0 Å². The van der Waals surface area contributed by atoms with E-state index in [9.17, 15) is 9.59 Å². The molecule has 0 bridgehead atoms. The van der Waals surface area contributed by atoms with Gasteiger partial charge in [0.15, 0.2) is 0 Å². The van der Waals surface area contributed by atoms with Crippen LogP contribution in [0.4, 0.5) is 0 Å². The molecule has 6 heteroatoms. The molecule has 0 radical (unpaired) electrons. The van der Waals surface area contributed by atoms with Crippen molar-refractivity contribution in [3.8, 4) is 0 Å². The van der Waals surface area contributed by atoms with Gasteiger partial charge in [-0.2, -0.15) is 0 Å². The molecule has 0 aromatic heterocycles. The Bertz CT molecular complexity index is 251. The van der Waals surface area contributed by atoms with Crippen molar-refractivity contribution < 1.29 is 9.59 Å². The molecule has 0 heterocycles. The quantitative estimate of drug-likeness (QED) is 0.447. The maximum Gasteiger partial charge on any atom is 0.237 e. The van der Waals surface area contributed by atoms with Gasteiger partial charge < -0.3 is 22.1 Å². The Kier molecular flexibility index (Phi) is 7.54. The lowest BCUT2D eigenvalue weighted by Crippen LogP contribution is -2.48. The van der Waals surface area contributed by atoms with Gasteiger partial charge in [-0.25, -0.2) is 0 Å². The van der Waals surface area contributed by atoms with E-state index in [2.05, 4.69) is 10.6 Å². The average Bonchev–Trinajstić information content (AvgIpc) is 2.31. The topological polar surface area (TPSA) is 110 Å². The molecule has 18 heavy (non-hydrogen) atoms. The fraction of sp³-hybridized carbons (Fsp3) is 0.833. The lowest BCUT2D eigenvalue weighted by molar-refractivity contribution is -0.125. The van der Waals surface area contributed by atoms with Gasteiger partial charge in [0.25, 0.3) is 0 Å². The van der Waals surface area contributed by atoms with Gasteiger partial charge in [-0.05, 0) is 11.8 Å². The van der Waals surface area contributed by atoms with Crippen LogP contribution in [0.5, 0.6) is 0 Å². The summed E-state index contributed by atoms with van der Waals surface area (Å²) in [4.78, 5) is 23.0. The van der Waals surface area contributed by atoms with Crippen molar-refractivity contribution in [3.63, 3.8) is 0 Å². The molecule has 0 aliphatic heterocycles. The molecular weight excluding hydrogens is 232 g/mol. The molecule has 0 aromatic rings. The lowest BCUT2D eigenvalue weighted by atomic mass is 10.0. The van der Waals surface area contributed by atoms with Crippen LogP contribution in [0.25, 0.3) is 0 Å². The molecule has 6 N–H and O–H groups in total. The Morgan fingerprint density at radius 2 is 1.11 bits per heavy atom. The van der Waals surface area contributed by atoms with Crippen LogP contribution in [0.1, 0.15) is 27.7 Å². The molecular formula is C12H26N4O2. The molecule has 0 aliphatic carbocycles. The Hall–Kier alpha value is -1.14. The first-order valence-electron chi connectivity index (χ1n) is 6.34. The largest absolute Gasteiger partial charge is 0.353 e. The Balaban J connectivity index is 3.81. The number of nitrogens with one attached hydrogen (secondary N) is 2. The summed E-state index contributed by atoms with van der Waals surface area (Å²) in [5, 5.41) is 5.34. The molecule has 0 spiro atoms. The van der Waals surface area contributed by atoms with Crippen molar-refractivity contribution in [1.82, 2.24) is 10.6 Å². The van der Waals surface area contributed by atoms with Crippen LogP contribution in [-0.4, -0.2) is 37.0 Å². The van der Waals surface area contributed by atoms with Crippen LogP contribution in [0, 0.1) is 11.8 Å². The lowest BCUT2D eigenvalue weighted by Gasteiger charge is -2.17. The highest BCUT2D eigenvalue weighted by Gasteiger charge is 2.18. The third-order valence-electron chi connectivity index (χ3n) is 2.77. The minimum atomic E-state index is -0.515. The highest BCUT2D eigenvalue weighted by molar-refractivity contribution is 5.82. The van der Waals surface area contributed by atoms with E-state index in [0.29, 0.717) is 13.1 Å². The minimum absolute atomic E-state index is 0.0916. The van der Waals surface area contributed by atoms with Gasteiger partial charge in [-0.15, -0.1) is 0 Å². The van der Waals surface area contributed by atoms with Crippen LogP contribution in [0.3, 0.4) is 0 Å². The number of rotatable bonds is 7. The van der Waals surface area contributed by atoms with Crippen LogP contribution >= 0.6 is 0 Å². The maximum absolute atomic E-state index is 11.5. The minimum Gasteiger partial charge on any atom is -0.353 e.